The summed E-state index contributed by atoms with van der Waals surface area (Å²) < 4.78 is 26.4. The average molecular weight is 282 g/mol. The second-order valence-corrected chi connectivity index (χ2v) is 7.24. The Hall–Kier alpha value is -1.07. The molecule has 2 N–H and O–H groups in total. The molecule has 0 saturated carbocycles. The van der Waals surface area contributed by atoms with Crippen LogP contribution in [-0.2, 0) is 15.8 Å². The Morgan fingerprint density at radius 2 is 2.00 bits per heavy atom. The van der Waals surface area contributed by atoms with Crippen LogP contribution in [0.4, 0.5) is 5.69 Å². The fourth-order valence-electron chi connectivity index (χ4n) is 2.53. The molecule has 4 nitrogen and oxygen atoms in total. The fourth-order valence-corrected chi connectivity index (χ4v) is 4.17. The van der Waals surface area contributed by atoms with Crippen molar-refractivity contribution < 1.29 is 8.42 Å². The van der Waals surface area contributed by atoms with E-state index in [-0.39, 0.29) is 5.75 Å². The zero-order valence-corrected chi connectivity index (χ0v) is 12.2. The maximum Gasteiger partial charge on any atom is 0.218 e. The van der Waals surface area contributed by atoms with Gasteiger partial charge >= 0.3 is 0 Å². The van der Waals surface area contributed by atoms with Crippen molar-refractivity contribution in [3.63, 3.8) is 0 Å². The van der Waals surface area contributed by atoms with E-state index in [1.165, 1.54) is 0 Å². The third kappa shape index (κ3) is 3.70. The van der Waals surface area contributed by atoms with E-state index >= 15 is 0 Å². The summed E-state index contributed by atoms with van der Waals surface area (Å²) in [6.45, 7) is 3.46. The second-order valence-electron chi connectivity index (χ2n) is 5.27. The molecule has 0 aliphatic carbocycles. The molecule has 1 fully saturated rings. The Bertz CT molecular complexity index is 511. The molecule has 0 aromatic heterocycles. The number of anilines is 1. The van der Waals surface area contributed by atoms with Gasteiger partial charge in [-0.2, -0.15) is 0 Å². The van der Waals surface area contributed by atoms with Crippen LogP contribution in [-0.4, -0.2) is 25.8 Å². The van der Waals surface area contributed by atoms with Crippen LogP contribution in [0.5, 0.6) is 0 Å². The fraction of sp³-hybridized carbons (Fsp3) is 0.571. The number of hydrogen-bond acceptors (Lipinski definition) is 3. The lowest BCUT2D eigenvalue weighted by atomic mass is 9.97. The summed E-state index contributed by atoms with van der Waals surface area (Å²) in [5.41, 5.74) is 7.07. The lowest BCUT2D eigenvalue weighted by Crippen LogP contribution is -2.40. The van der Waals surface area contributed by atoms with Gasteiger partial charge in [-0.15, -0.1) is 0 Å². The quantitative estimate of drug-likeness (QED) is 0.861. The third-order valence-corrected chi connectivity index (χ3v) is 5.60. The molecule has 0 radical (unpaired) electrons. The van der Waals surface area contributed by atoms with E-state index < -0.39 is 10.0 Å². The van der Waals surface area contributed by atoms with Crippen molar-refractivity contribution in [2.24, 2.45) is 5.92 Å². The largest absolute Gasteiger partial charge is 0.399 e. The van der Waals surface area contributed by atoms with Gasteiger partial charge in [-0.1, -0.05) is 25.5 Å². The molecule has 5 heteroatoms. The summed E-state index contributed by atoms with van der Waals surface area (Å²) in [6.07, 6.45) is 3.16. The van der Waals surface area contributed by atoms with Crippen LogP contribution in [0.15, 0.2) is 24.3 Å². The maximum atomic E-state index is 12.4. The zero-order chi connectivity index (χ0) is 13.9. The van der Waals surface area contributed by atoms with Gasteiger partial charge in [-0.05, 0) is 36.5 Å². The first-order valence-electron chi connectivity index (χ1n) is 6.83. The normalized spacial score (nSPS) is 21.4. The lowest BCUT2D eigenvalue weighted by molar-refractivity contribution is 0.261. The SMILES string of the molecule is CCC1CCCN(S(=O)(=O)Cc2ccc(N)cc2)C1. The van der Waals surface area contributed by atoms with Crippen LogP contribution in [0, 0.1) is 5.92 Å². The van der Waals surface area contributed by atoms with Gasteiger partial charge in [0.1, 0.15) is 0 Å². The van der Waals surface area contributed by atoms with Gasteiger partial charge in [0.05, 0.1) is 5.75 Å². The molecule has 19 heavy (non-hydrogen) atoms. The molecule has 1 aliphatic heterocycles. The minimum atomic E-state index is -3.20. The Kier molecular flexibility index (Phi) is 4.47. The third-order valence-electron chi connectivity index (χ3n) is 3.78. The van der Waals surface area contributed by atoms with Crippen LogP contribution in [0.2, 0.25) is 0 Å². The highest BCUT2D eigenvalue weighted by atomic mass is 32.2. The number of nitrogen functional groups attached to an aromatic ring is 1. The first-order chi connectivity index (χ1) is 9.01. The number of nitrogens with two attached hydrogens (primary N) is 1. The Labute approximate surface area is 115 Å². The molecule has 1 unspecified atom stereocenters. The number of hydrogen-bond donors (Lipinski definition) is 1. The Morgan fingerprint density at radius 3 is 2.63 bits per heavy atom. The summed E-state index contributed by atoms with van der Waals surface area (Å²) in [6, 6.07) is 7.06. The van der Waals surface area contributed by atoms with E-state index in [9.17, 15) is 8.42 Å². The van der Waals surface area contributed by atoms with Crippen molar-refractivity contribution >= 4 is 15.7 Å². The van der Waals surface area contributed by atoms with E-state index in [4.69, 9.17) is 5.73 Å². The topological polar surface area (TPSA) is 63.4 Å². The van der Waals surface area contributed by atoms with Crippen LogP contribution in [0.1, 0.15) is 31.7 Å². The van der Waals surface area contributed by atoms with Gasteiger partial charge in [0.2, 0.25) is 10.0 Å². The molecule has 1 aromatic carbocycles. The summed E-state index contributed by atoms with van der Waals surface area (Å²) in [4.78, 5) is 0. The number of benzene rings is 1. The van der Waals surface area contributed by atoms with Crippen molar-refractivity contribution in [1.82, 2.24) is 4.31 Å². The monoisotopic (exact) mass is 282 g/mol. The molecule has 2 rings (SSSR count). The van der Waals surface area contributed by atoms with Crippen LogP contribution >= 0.6 is 0 Å². The molecule has 1 heterocycles. The molecule has 0 amide bonds. The lowest BCUT2D eigenvalue weighted by Gasteiger charge is -2.31. The van der Waals surface area contributed by atoms with Crippen molar-refractivity contribution in [3.8, 4) is 0 Å². The van der Waals surface area contributed by atoms with Gasteiger partial charge < -0.3 is 5.73 Å². The predicted octanol–water partition coefficient (Wildman–Crippen LogP) is 2.22. The molecular formula is C14H22N2O2S. The standard InChI is InChI=1S/C14H22N2O2S/c1-2-12-4-3-9-16(10-12)19(17,18)11-13-5-7-14(15)8-6-13/h5-8,12H,2-4,9-11,15H2,1H3. The minimum Gasteiger partial charge on any atom is -0.399 e. The molecule has 0 bridgehead atoms. The molecule has 0 spiro atoms. The molecule has 106 valence electrons. The van der Waals surface area contributed by atoms with Crippen molar-refractivity contribution in [2.75, 3.05) is 18.8 Å². The molecular weight excluding hydrogens is 260 g/mol. The Balaban J connectivity index is 2.07. The highest BCUT2D eigenvalue weighted by Crippen LogP contribution is 2.23. The van der Waals surface area contributed by atoms with E-state index in [2.05, 4.69) is 6.92 Å². The average Bonchev–Trinajstić information content (AvgIpc) is 2.41. The van der Waals surface area contributed by atoms with E-state index in [0.717, 1.165) is 24.8 Å². The second kappa shape index (κ2) is 5.92. The van der Waals surface area contributed by atoms with Gasteiger partial charge in [-0.3, -0.25) is 0 Å². The smallest absolute Gasteiger partial charge is 0.218 e. The minimum absolute atomic E-state index is 0.0731. The molecule has 1 aliphatic rings. The van der Waals surface area contributed by atoms with E-state index in [1.807, 2.05) is 0 Å². The molecule has 1 saturated heterocycles. The van der Waals surface area contributed by atoms with Gasteiger partial charge in [0.15, 0.2) is 0 Å². The van der Waals surface area contributed by atoms with Crippen molar-refractivity contribution in [2.45, 2.75) is 31.9 Å². The number of rotatable bonds is 4. The maximum absolute atomic E-state index is 12.4. The summed E-state index contributed by atoms with van der Waals surface area (Å²) >= 11 is 0. The highest BCUT2D eigenvalue weighted by Gasteiger charge is 2.28. The van der Waals surface area contributed by atoms with Gasteiger partial charge in [-0.25, -0.2) is 12.7 Å². The van der Waals surface area contributed by atoms with Crippen LogP contribution < -0.4 is 5.73 Å². The number of piperidine rings is 1. The first kappa shape index (κ1) is 14.3. The molecule has 1 aromatic rings. The van der Waals surface area contributed by atoms with E-state index in [0.29, 0.717) is 24.7 Å². The van der Waals surface area contributed by atoms with Crippen molar-refractivity contribution in [1.29, 1.82) is 0 Å². The van der Waals surface area contributed by atoms with Crippen LogP contribution in [0.25, 0.3) is 0 Å². The summed E-state index contributed by atoms with van der Waals surface area (Å²) in [7, 11) is -3.20. The zero-order valence-electron chi connectivity index (χ0n) is 11.4. The highest BCUT2D eigenvalue weighted by molar-refractivity contribution is 7.88. The molecule has 1 atom stereocenters. The van der Waals surface area contributed by atoms with Crippen molar-refractivity contribution in [3.05, 3.63) is 29.8 Å². The van der Waals surface area contributed by atoms with Gasteiger partial charge in [0.25, 0.3) is 0 Å². The predicted molar refractivity (Wildman–Crippen MR) is 78.1 cm³/mol. The van der Waals surface area contributed by atoms with Gasteiger partial charge in [0, 0.05) is 18.8 Å². The van der Waals surface area contributed by atoms with E-state index in [1.54, 1.807) is 28.6 Å². The first-order valence-corrected chi connectivity index (χ1v) is 8.44. The number of sulfonamides is 1. The summed E-state index contributed by atoms with van der Waals surface area (Å²) in [5.74, 6) is 0.582. The Morgan fingerprint density at radius 1 is 1.32 bits per heavy atom. The number of nitrogens with zero attached hydrogens (tertiary/aromatic N) is 1. The van der Waals surface area contributed by atoms with Crippen LogP contribution in [0.3, 0.4) is 0 Å². The summed E-state index contributed by atoms with van der Waals surface area (Å²) in [5, 5.41) is 0.